The molecule has 1 N–H and O–H groups in total. The van der Waals surface area contributed by atoms with Crippen molar-refractivity contribution in [3.8, 4) is 0 Å². The number of hydrogen-bond acceptors (Lipinski definition) is 3. The average molecular weight is 302 g/mol. The van der Waals surface area contributed by atoms with E-state index in [0.29, 0.717) is 13.1 Å². The van der Waals surface area contributed by atoms with E-state index in [0.717, 1.165) is 17.9 Å². The first-order valence-corrected chi connectivity index (χ1v) is 7.74. The lowest BCUT2D eigenvalue weighted by Crippen LogP contribution is -2.45. The Kier molecular flexibility index (Phi) is 4.86. The molecule has 22 heavy (non-hydrogen) atoms. The normalized spacial score (nSPS) is 12.1. The molecule has 0 aliphatic heterocycles. The van der Waals surface area contributed by atoms with Crippen molar-refractivity contribution in [2.75, 3.05) is 13.1 Å². The SMILES string of the molecule is CCN(CC(=O)NC(C)(C)C)Cc1cn2cc(C)ccc2n1. The number of nitrogens with zero attached hydrogens (tertiary/aromatic N) is 3. The molecule has 0 bridgehead atoms. The van der Waals surface area contributed by atoms with Gasteiger partial charge in [0.2, 0.25) is 5.91 Å². The van der Waals surface area contributed by atoms with Crippen LogP contribution in [0.3, 0.4) is 0 Å². The third-order valence-electron chi connectivity index (χ3n) is 3.36. The Labute approximate surface area is 132 Å². The standard InChI is InChI=1S/C17H26N4O/c1-6-20(12-16(22)19-17(3,4)5)10-14-11-21-9-13(2)7-8-15(21)18-14/h7-9,11H,6,10,12H2,1-5H3,(H,19,22). The van der Waals surface area contributed by atoms with Crippen molar-refractivity contribution in [1.82, 2.24) is 19.6 Å². The van der Waals surface area contributed by atoms with Crippen LogP contribution in [0.4, 0.5) is 0 Å². The molecule has 0 aliphatic rings. The Morgan fingerprint density at radius 1 is 1.32 bits per heavy atom. The predicted octanol–water partition coefficient (Wildman–Crippen LogP) is 2.38. The van der Waals surface area contributed by atoms with Gasteiger partial charge >= 0.3 is 0 Å². The summed E-state index contributed by atoms with van der Waals surface area (Å²) < 4.78 is 2.04. The molecule has 0 saturated carbocycles. The van der Waals surface area contributed by atoms with E-state index in [1.165, 1.54) is 5.56 Å². The first kappa shape index (κ1) is 16.5. The molecule has 0 unspecified atom stereocenters. The number of fused-ring (bicyclic) bond motifs is 1. The molecule has 0 aliphatic carbocycles. The van der Waals surface area contributed by atoms with Crippen molar-refractivity contribution in [1.29, 1.82) is 0 Å². The molecule has 0 aromatic carbocycles. The fourth-order valence-corrected chi connectivity index (χ4v) is 2.40. The van der Waals surface area contributed by atoms with Crippen molar-refractivity contribution < 1.29 is 4.79 Å². The topological polar surface area (TPSA) is 49.6 Å². The van der Waals surface area contributed by atoms with Gasteiger partial charge in [0.1, 0.15) is 5.65 Å². The molecule has 120 valence electrons. The molecule has 0 atom stereocenters. The fraction of sp³-hybridized carbons (Fsp3) is 0.529. The summed E-state index contributed by atoms with van der Waals surface area (Å²) in [6, 6.07) is 4.07. The van der Waals surface area contributed by atoms with E-state index in [9.17, 15) is 4.79 Å². The monoisotopic (exact) mass is 302 g/mol. The minimum Gasteiger partial charge on any atom is -0.350 e. The summed E-state index contributed by atoms with van der Waals surface area (Å²) in [5.74, 6) is 0.0500. The van der Waals surface area contributed by atoms with Crippen LogP contribution in [0.15, 0.2) is 24.5 Å². The number of carbonyl (C=O) groups excluding carboxylic acids is 1. The molecule has 0 saturated heterocycles. The van der Waals surface area contributed by atoms with Gasteiger partial charge in [0.15, 0.2) is 0 Å². The number of rotatable bonds is 5. The predicted molar refractivity (Wildman–Crippen MR) is 88.8 cm³/mol. The summed E-state index contributed by atoms with van der Waals surface area (Å²) in [5.41, 5.74) is 2.93. The first-order chi connectivity index (χ1) is 10.3. The van der Waals surface area contributed by atoms with E-state index in [4.69, 9.17) is 0 Å². The summed E-state index contributed by atoms with van der Waals surface area (Å²) >= 11 is 0. The summed E-state index contributed by atoms with van der Waals surface area (Å²) in [7, 11) is 0. The highest BCUT2D eigenvalue weighted by Gasteiger charge is 2.17. The number of nitrogens with one attached hydrogen (secondary N) is 1. The molecule has 0 fully saturated rings. The maximum absolute atomic E-state index is 12.1. The molecule has 2 rings (SSSR count). The van der Waals surface area contributed by atoms with E-state index in [2.05, 4.69) is 41.3 Å². The van der Waals surface area contributed by atoms with Gasteiger partial charge in [-0.15, -0.1) is 0 Å². The van der Waals surface area contributed by atoms with Crippen LogP contribution in [-0.2, 0) is 11.3 Å². The zero-order valence-electron chi connectivity index (χ0n) is 14.2. The lowest BCUT2D eigenvalue weighted by atomic mass is 10.1. The van der Waals surface area contributed by atoms with Crippen molar-refractivity contribution in [3.05, 3.63) is 35.8 Å². The Balaban J connectivity index is 2.03. The van der Waals surface area contributed by atoms with E-state index < -0.39 is 0 Å². The number of imidazole rings is 1. The van der Waals surface area contributed by atoms with Gasteiger partial charge in [-0.25, -0.2) is 4.98 Å². The second-order valence-electron chi connectivity index (χ2n) is 6.81. The van der Waals surface area contributed by atoms with Crippen LogP contribution in [-0.4, -0.2) is 38.8 Å². The van der Waals surface area contributed by atoms with Crippen molar-refractivity contribution >= 4 is 11.6 Å². The van der Waals surface area contributed by atoms with Gasteiger partial charge < -0.3 is 9.72 Å². The lowest BCUT2D eigenvalue weighted by molar-refractivity contribution is -0.123. The molecule has 0 spiro atoms. The molecule has 5 heteroatoms. The van der Waals surface area contributed by atoms with Gasteiger partial charge in [-0.3, -0.25) is 9.69 Å². The van der Waals surface area contributed by atoms with Gasteiger partial charge in [-0.05, 0) is 45.9 Å². The Hall–Kier alpha value is -1.88. The van der Waals surface area contributed by atoms with Crippen LogP contribution >= 0.6 is 0 Å². The fourth-order valence-electron chi connectivity index (χ4n) is 2.40. The summed E-state index contributed by atoms with van der Waals surface area (Å²) in [4.78, 5) is 18.8. The van der Waals surface area contributed by atoms with Crippen LogP contribution in [0.1, 0.15) is 39.0 Å². The zero-order chi connectivity index (χ0) is 16.3. The highest BCUT2D eigenvalue weighted by atomic mass is 16.2. The average Bonchev–Trinajstić information content (AvgIpc) is 2.77. The number of amides is 1. The number of pyridine rings is 1. The van der Waals surface area contributed by atoms with Crippen molar-refractivity contribution in [2.45, 2.75) is 46.7 Å². The zero-order valence-corrected chi connectivity index (χ0v) is 14.2. The second kappa shape index (κ2) is 6.48. The number of aryl methyl sites for hydroxylation is 1. The number of likely N-dealkylation sites (N-methyl/N-ethyl adjacent to an activating group) is 1. The molecule has 0 radical (unpaired) electrons. The molecular formula is C17H26N4O. The maximum atomic E-state index is 12.1. The highest BCUT2D eigenvalue weighted by Crippen LogP contribution is 2.09. The molecule has 1 amide bonds. The minimum absolute atomic E-state index is 0.0500. The number of aromatic nitrogens is 2. The summed E-state index contributed by atoms with van der Waals surface area (Å²) in [6.07, 6.45) is 4.10. The first-order valence-electron chi connectivity index (χ1n) is 7.74. The van der Waals surface area contributed by atoms with Crippen LogP contribution < -0.4 is 5.32 Å². The van der Waals surface area contributed by atoms with Crippen molar-refractivity contribution in [2.24, 2.45) is 0 Å². The maximum Gasteiger partial charge on any atom is 0.234 e. The van der Waals surface area contributed by atoms with Gasteiger partial charge in [0.25, 0.3) is 0 Å². The second-order valence-corrected chi connectivity index (χ2v) is 6.81. The third kappa shape index (κ3) is 4.56. The lowest BCUT2D eigenvalue weighted by Gasteiger charge is -2.24. The smallest absolute Gasteiger partial charge is 0.234 e. The molecule has 2 aromatic heterocycles. The largest absolute Gasteiger partial charge is 0.350 e. The summed E-state index contributed by atoms with van der Waals surface area (Å²) in [6.45, 7) is 12.0. The summed E-state index contributed by atoms with van der Waals surface area (Å²) in [5, 5.41) is 3.00. The molecule has 2 aromatic rings. The van der Waals surface area contributed by atoms with Crippen LogP contribution in [0.25, 0.3) is 5.65 Å². The van der Waals surface area contributed by atoms with Crippen molar-refractivity contribution in [3.63, 3.8) is 0 Å². The Bertz CT molecular complexity index is 654. The van der Waals surface area contributed by atoms with Gasteiger partial charge in [0.05, 0.1) is 12.2 Å². The minimum atomic E-state index is -0.197. The van der Waals surface area contributed by atoms with Crippen LogP contribution in [0.5, 0.6) is 0 Å². The van der Waals surface area contributed by atoms with Gasteiger partial charge in [-0.2, -0.15) is 0 Å². The Morgan fingerprint density at radius 2 is 2.05 bits per heavy atom. The van der Waals surface area contributed by atoms with E-state index in [1.54, 1.807) is 0 Å². The molecule has 5 nitrogen and oxygen atoms in total. The number of carbonyl (C=O) groups is 1. The van der Waals surface area contributed by atoms with Gasteiger partial charge in [-0.1, -0.05) is 13.0 Å². The van der Waals surface area contributed by atoms with Crippen LogP contribution in [0, 0.1) is 6.92 Å². The van der Waals surface area contributed by atoms with E-state index in [1.807, 2.05) is 37.4 Å². The highest BCUT2D eigenvalue weighted by molar-refractivity contribution is 5.78. The molecular weight excluding hydrogens is 276 g/mol. The van der Waals surface area contributed by atoms with E-state index in [-0.39, 0.29) is 11.4 Å². The van der Waals surface area contributed by atoms with E-state index >= 15 is 0 Å². The third-order valence-corrected chi connectivity index (χ3v) is 3.36. The molecule has 2 heterocycles. The van der Waals surface area contributed by atoms with Gasteiger partial charge in [0, 0.05) is 24.5 Å². The Morgan fingerprint density at radius 3 is 2.68 bits per heavy atom. The van der Waals surface area contributed by atoms with Crippen LogP contribution in [0.2, 0.25) is 0 Å². The number of hydrogen-bond donors (Lipinski definition) is 1. The quantitative estimate of drug-likeness (QED) is 0.922.